The first kappa shape index (κ1) is 30.2. The van der Waals surface area contributed by atoms with E-state index in [9.17, 15) is 18.0 Å². The molecule has 0 saturated carbocycles. The number of halogens is 1. The summed E-state index contributed by atoms with van der Waals surface area (Å²) in [4.78, 5) is 28.6. The molecule has 0 spiro atoms. The number of nitrogens with one attached hydrogen (secondary N) is 1. The minimum absolute atomic E-state index is 0.0174. The Bertz CT molecular complexity index is 1300. The zero-order chi connectivity index (χ0) is 28.3. The molecule has 7 nitrogen and oxygen atoms in total. The van der Waals surface area contributed by atoms with E-state index in [0.29, 0.717) is 30.1 Å². The Morgan fingerprint density at radius 3 is 2.10 bits per heavy atom. The normalized spacial score (nSPS) is 12.0. The van der Waals surface area contributed by atoms with E-state index in [0.717, 1.165) is 22.7 Å². The van der Waals surface area contributed by atoms with Gasteiger partial charge < -0.3 is 10.2 Å². The topological polar surface area (TPSA) is 86.8 Å². The van der Waals surface area contributed by atoms with Crippen LogP contribution in [0.1, 0.15) is 38.7 Å². The molecule has 1 unspecified atom stereocenters. The van der Waals surface area contributed by atoms with E-state index < -0.39 is 28.5 Å². The largest absolute Gasteiger partial charge is 0.354 e. The van der Waals surface area contributed by atoms with Gasteiger partial charge in [0.15, 0.2) is 0 Å². The molecule has 1 atom stereocenters. The first-order valence-corrected chi connectivity index (χ1v) is 15.0. The van der Waals surface area contributed by atoms with Gasteiger partial charge in [-0.25, -0.2) is 8.42 Å². The van der Waals surface area contributed by atoms with Crippen LogP contribution in [-0.4, -0.2) is 50.8 Å². The lowest BCUT2D eigenvalue weighted by Gasteiger charge is -2.33. The average Bonchev–Trinajstić information content (AvgIpc) is 2.95. The molecule has 3 aromatic rings. The summed E-state index contributed by atoms with van der Waals surface area (Å²) in [5.74, 6) is -0.691. The quantitative estimate of drug-likeness (QED) is 0.267. The summed E-state index contributed by atoms with van der Waals surface area (Å²) in [5, 5.41) is 3.34. The fourth-order valence-electron chi connectivity index (χ4n) is 4.26. The molecule has 0 fully saturated rings. The van der Waals surface area contributed by atoms with Crippen LogP contribution in [0.4, 0.5) is 5.69 Å². The molecule has 39 heavy (non-hydrogen) atoms. The van der Waals surface area contributed by atoms with Crippen LogP contribution < -0.4 is 9.62 Å². The Hall–Kier alpha value is -3.36. The average molecular weight is 570 g/mol. The van der Waals surface area contributed by atoms with E-state index >= 15 is 0 Å². The van der Waals surface area contributed by atoms with Gasteiger partial charge in [-0.05, 0) is 61.2 Å². The van der Waals surface area contributed by atoms with Gasteiger partial charge in [0.2, 0.25) is 11.8 Å². The van der Waals surface area contributed by atoms with Crippen LogP contribution in [0.3, 0.4) is 0 Å². The summed E-state index contributed by atoms with van der Waals surface area (Å²) >= 11 is 5.99. The Balaban J connectivity index is 1.95. The number of nitrogens with zero attached hydrogens (tertiary/aromatic N) is 2. The molecule has 3 rings (SSSR count). The third kappa shape index (κ3) is 8.31. The van der Waals surface area contributed by atoms with Crippen molar-refractivity contribution in [3.05, 3.63) is 95.5 Å². The number of para-hydroxylation sites is 1. The molecule has 0 aromatic heterocycles. The second kappa shape index (κ2) is 14.7. The van der Waals surface area contributed by atoms with Crippen LogP contribution in [-0.2, 0) is 26.0 Å². The molecule has 208 valence electrons. The predicted molar refractivity (Wildman–Crippen MR) is 156 cm³/mol. The van der Waals surface area contributed by atoms with Crippen LogP contribution in [0, 0.1) is 0 Å². The standard InChI is InChI=1S/C30H36ClN3O4S/c1-3-5-21-32-30(36)28(4-2)33(22-20-24-12-8-6-9-13-24)29(35)23-34(26-14-10-7-11-15-26)39(37,38)27-18-16-25(31)17-19-27/h6-19,28H,3-5,20-23H2,1-2H3,(H,32,36). The Kier molecular flexibility index (Phi) is 11.4. The van der Waals surface area contributed by atoms with Crippen molar-refractivity contribution >= 4 is 39.1 Å². The van der Waals surface area contributed by atoms with Gasteiger partial charge in [-0.3, -0.25) is 13.9 Å². The number of sulfonamides is 1. The van der Waals surface area contributed by atoms with Crippen LogP contribution in [0.2, 0.25) is 5.02 Å². The third-order valence-electron chi connectivity index (χ3n) is 6.42. The maximum Gasteiger partial charge on any atom is 0.264 e. The highest BCUT2D eigenvalue weighted by molar-refractivity contribution is 7.92. The van der Waals surface area contributed by atoms with Crippen molar-refractivity contribution in [2.75, 3.05) is 23.9 Å². The van der Waals surface area contributed by atoms with E-state index in [4.69, 9.17) is 11.6 Å². The molecule has 0 heterocycles. The van der Waals surface area contributed by atoms with Crippen molar-refractivity contribution in [1.29, 1.82) is 0 Å². The summed E-state index contributed by atoms with van der Waals surface area (Å²) < 4.78 is 28.6. The number of amides is 2. The van der Waals surface area contributed by atoms with E-state index in [2.05, 4.69) is 5.32 Å². The van der Waals surface area contributed by atoms with Gasteiger partial charge in [0, 0.05) is 18.1 Å². The van der Waals surface area contributed by atoms with Gasteiger partial charge >= 0.3 is 0 Å². The van der Waals surface area contributed by atoms with Crippen molar-refractivity contribution < 1.29 is 18.0 Å². The van der Waals surface area contributed by atoms with Gasteiger partial charge in [-0.2, -0.15) is 0 Å². The highest BCUT2D eigenvalue weighted by Gasteiger charge is 2.33. The van der Waals surface area contributed by atoms with E-state index in [1.165, 1.54) is 29.2 Å². The van der Waals surface area contributed by atoms with Gasteiger partial charge in [0.25, 0.3) is 10.0 Å². The molecule has 3 aromatic carbocycles. The van der Waals surface area contributed by atoms with Crippen molar-refractivity contribution in [1.82, 2.24) is 10.2 Å². The summed E-state index contributed by atoms with van der Waals surface area (Å²) in [5.41, 5.74) is 1.37. The predicted octanol–water partition coefficient (Wildman–Crippen LogP) is 5.30. The number of benzene rings is 3. The van der Waals surface area contributed by atoms with Gasteiger partial charge in [0.05, 0.1) is 10.6 Å². The van der Waals surface area contributed by atoms with Crippen LogP contribution in [0.15, 0.2) is 89.8 Å². The van der Waals surface area contributed by atoms with Crippen molar-refractivity contribution in [3.8, 4) is 0 Å². The lowest BCUT2D eigenvalue weighted by molar-refractivity contribution is -0.139. The molecule has 9 heteroatoms. The first-order valence-electron chi connectivity index (χ1n) is 13.2. The minimum atomic E-state index is -4.11. The van der Waals surface area contributed by atoms with Crippen molar-refractivity contribution in [2.45, 2.75) is 50.5 Å². The maximum absolute atomic E-state index is 13.9. The van der Waals surface area contributed by atoms with E-state index in [1.54, 1.807) is 30.3 Å². The number of rotatable bonds is 14. The second-order valence-electron chi connectivity index (χ2n) is 9.19. The number of unbranched alkanes of at least 4 members (excludes halogenated alkanes) is 1. The minimum Gasteiger partial charge on any atom is -0.354 e. The molecule has 0 radical (unpaired) electrons. The fourth-order valence-corrected chi connectivity index (χ4v) is 5.80. The summed E-state index contributed by atoms with van der Waals surface area (Å²) in [6.07, 6.45) is 2.69. The zero-order valence-electron chi connectivity index (χ0n) is 22.4. The lowest BCUT2D eigenvalue weighted by Crippen LogP contribution is -2.53. The molecular formula is C30H36ClN3O4S. The number of carbonyl (C=O) groups is 2. The zero-order valence-corrected chi connectivity index (χ0v) is 24.0. The van der Waals surface area contributed by atoms with Crippen molar-refractivity contribution in [2.24, 2.45) is 0 Å². The van der Waals surface area contributed by atoms with Gasteiger partial charge in [-0.1, -0.05) is 80.4 Å². The van der Waals surface area contributed by atoms with Crippen molar-refractivity contribution in [3.63, 3.8) is 0 Å². The molecule has 0 aliphatic heterocycles. The molecule has 1 N–H and O–H groups in total. The van der Waals surface area contributed by atoms with Crippen LogP contribution >= 0.6 is 11.6 Å². The summed E-state index contributed by atoms with van der Waals surface area (Å²) in [7, 11) is -4.11. The molecule has 0 aliphatic carbocycles. The number of hydrogen-bond acceptors (Lipinski definition) is 4. The number of anilines is 1. The number of carbonyl (C=O) groups excluding carboxylic acids is 2. The molecule has 2 amide bonds. The van der Waals surface area contributed by atoms with Gasteiger partial charge in [0.1, 0.15) is 12.6 Å². The van der Waals surface area contributed by atoms with E-state index in [1.807, 2.05) is 44.2 Å². The smallest absolute Gasteiger partial charge is 0.264 e. The SMILES string of the molecule is CCCCNC(=O)C(CC)N(CCc1ccccc1)C(=O)CN(c1ccccc1)S(=O)(=O)c1ccc(Cl)cc1. The summed E-state index contributed by atoms with van der Waals surface area (Å²) in [6.45, 7) is 4.23. The Morgan fingerprint density at radius 1 is 0.897 bits per heavy atom. The first-order chi connectivity index (χ1) is 18.8. The number of hydrogen-bond donors (Lipinski definition) is 1. The lowest BCUT2D eigenvalue weighted by atomic mass is 10.1. The summed E-state index contributed by atoms with van der Waals surface area (Å²) in [6, 6.07) is 23.3. The van der Waals surface area contributed by atoms with E-state index in [-0.39, 0.29) is 17.3 Å². The fraction of sp³-hybridized carbons (Fsp3) is 0.333. The Morgan fingerprint density at radius 2 is 1.51 bits per heavy atom. The maximum atomic E-state index is 13.9. The Labute approximate surface area is 236 Å². The molecule has 0 bridgehead atoms. The van der Waals surface area contributed by atoms with Crippen LogP contribution in [0.5, 0.6) is 0 Å². The molecule has 0 aliphatic rings. The highest BCUT2D eigenvalue weighted by Crippen LogP contribution is 2.25. The monoisotopic (exact) mass is 569 g/mol. The van der Waals surface area contributed by atoms with Crippen LogP contribution in [0.25, 0.3) is 0 Å². The molecule has 0 saturated heterocycles. The third-order valence-corrected chi connectivity index (χ3v) is 8.46. The van der Waals surface area contributed by atoms with Gasteiger partial charge in [-0.15, -0.1) is 0 Å². The second-order valence-corrected chi connectivity index (χ2v) is 11.5. The highest BCUT2D eigenvalue weighted by atomic mass is 35.5. The molecular weight excluding hydrogens is 534 g/mol.